The van der Waals surface area contributed by atoms with Crippen molar-refractivity contribution >= 4 is 22.2 Å². The number of anilines is 2. The van der Waals surface area contributed by atoms with Crippen LogP contribution in [0.5, 0.6) is 5.75 Å². The van der Waals surface area contributed by atoms with Gasteiger partial charge in [-0.05, 0) is 37.9 Å². The summed E-state index contributed by atoms with van der Waals surface area (Å²) in [5.41, 5.74) is 1.63. The van der Waals surface area contributed by atoms with E-state index in [0.717, 1.165) is 56.0 Å². The first kappa shape index (κ1) is 21.0. The van der Waals surface area contributed by atoms with E-state index in [9.17, 15) is 9.50 Å². The molecule has 1 aromatic carbocycles. The lowest BCUT2D eigenvalue weighted by atomic mass is 10.0. The number of hydrogen-bond acceptors (Lipinski definition) is 6. The summed E-state index contributed by atoms with van der Waals surface area (Å²) in [6.45, 7) is 4.60. The number of likely N-dealkylation sites (tertiary alicyclic amines) is 1. The fraction of sp³-hybridized carbons (Fsp3) is 0.571. The Hall–Kier alpha value is -1.70. The van der Waals surface area contributed by atoms with Crippen LogP contribution >= 0.6 is 11.3 Å². The zero-order chi connectivity index (χ0) is 19.8. The Bertz CT molecular complexity index is 740. The van der Waals surface area contributed by atoms with Gasteiger partial charge in [-0.15, -0.1) is 11.3 Å². The lowest BCUT2D eigenvalue weighted by molar-refractivity contribution is 0.0832. The minimum atomic E-state index is -0.364. The third kappa shape index (κ3) is 5.90. The number of nitrogens with one attached hydrogen (secondary N) is 1. The number of thiazole rings is 1. The summed E-state index contributed by atoms with van der Waals surface area (Å²) in [7, 11) is 0. The Balaban J connectivity index is 1.55. The molecule has 1 atom stereocenters. The Labute approximate surface area is 170 Å². The minimum Gasteiger partial charge on any atom is -0.491 e. The first-order valence-corrected chi connectivity index (χ1v) is 11.1. The van der Waals surface area contributed by atoms with Crippen molar-refractivity contribution in [2.24, 2.45) is 0 Å². The average molecular weight is 408 g/mol. The van der Waals surface area contributed by atoms with Crippen LogP contribution in [0.15, 0.2) is 23.6 Å². The van der Waals surface area contributed by atoms with Gasteiger partial charge in [-0.3, -0.25) is 4.90 Å². The van der Waals surface area contributed by atoms with Crippen LogP contribution in [0.25, 0.3) is 0 Å². The van der Waals surface area contributed by atoms with Gasteiger partial charge in [-0.2, -0.15) is 0 Å². The van der Waals surface area contributed by atoms with Gasteiger partial charge in [0.05, 0.1) is 18.9 Å². The Morgan fingerprint density at radius 2 is 2.25 bits per heavy atom. The summed E-state index contributed by atoms with van der Waals surface area (Å²) in [4.78, 5) is 6.92. The van der Waals surface area contributed by atoms with Crippen LogP contribution in [0.1, 0.15) is 51.1 Å². The van der Waals surface area contributed by atoms with E-state index in [0.29, 0.717) is 18.0 Å². The van der Waals surface area contributed by atoms with Gasteiger partial charge in [0.25, 0.3) is 0 Å². The monoisotopic (exact) mass is 407 g/mol. The number of hydrogen-bond donors (Lipinski definition) is 2. The first-order chi connectivity index (χ1) is 13.7. The fourth-order valence-corrected chi connectivity index (χ4v) is 4.19. The second-order valence-electron chi connectivity index (χ2n) is 7.27. The molecule has 28 heavy (non-hydrogen) atoms. The highest BCUT2D eigenvalue weighted by atomic mass is 32.1. The molecule has 1 aliphatic heterocycles. The minimum absolute atomic E-state index is 0.196. The fourth-order valence-electron chi connectivity index (χ4n) is 3.47. The van der Waals surface area contributed by atoms with Gasteiger partial charge in [-0.1, -0.05) is 26.2 Å². The third-order valence-electron chi connectivity index (χ3n) is 5.07. The van der Waals surface area contributed by atoms with E-state index >= 15 is 0 Å². The van der Waals surface area contributed by atoms with Crippen LogP contribution in [0.3, 0.4) is 0 Å². The number of aliphatic hydroxyl groups is 1. The second-order valence-corrected chi connectivity index (χ2v) is 8.13. The van der Waals surface area contributed by atoms with Crippen molar-refractivity contribution in [3.8, 4) is 5.75 Å². The van der Waals surface area contributed by atoms with Gasteiger partial charge in [0.15, 0.2) is 16.7 Å². The summed E-state index contributed by atoms with van der Waals surface area (Å²) >= 11 is 1.51. The van der Waals surface area contributed by atoms with E-state index in [-0.39, 0.29) is 18.5 Å². The molecule has 5 nitrogen and oxygen atoms in total. The van der Waals surface area contributed by atoms with Crippen LogP contribution < -0.4 is 10.1 Å². The number of nitrogens with zero attached hydrogens (tertiary/aromatic N) is 2. The quantitative estimate of drug-likeness (QED) is 0.546. The molecule has 0 amide bonds. The van der Waals surface area contributed by atoms with Crippen LogP contribution in [0.4, 0.5) is 15.2 Å². The molecular formula is C21H30FN3O2S. The standard InChI is InChI=1S/C21H30FN3O2S/c1-2-3-6-11-27-20-9-8-16(12-19(20)22)23-21-24-17(15-28-21)13-25-10-5-4-7-18(25)14-26/h8-9,12,15,18,26H,2-7,10-11,13-14H2,1H3,(H,23,24). The van der Waals surface area contributed by atoms with Gasteiger partial charge in [0, 0.05) is 29.7 Å². The zero-order valence-corrected chi connectivity index (χ0v) is 17.3. The summed E-state index contributed by atoms with van der Waals surface area (Å²) in [6, 6.07) is 5.15. The Morgan fingerprint density at radius 1 is 1.36 bits per heavy atom. The SMILES string of the molecule is CCCCCOc1ccc(Nc2nc(CN3CCCCC3CO)cs2)cc1F. The number of rotatable bonds is 10. The number of ether oxygens (including phenoxy) is 1. The lowest BCUT2D eigenvalue weighted by Gasteiger charge is -2.33. The molecule has 2 N–H and O–H groups in total. The number of unbranched alkanes of at least 4 members (excludes halogenated alkanes) is 2. The Kier molecular flexibility index (Phi) is 8.06. The molecule has 0 radical (unpaired) electrons. The maximum absolute atomic E-state index is 14.2. The number of aliphatic hydroxyl groups excluding tert-OH is 1. The van der Waals surface area contributed by atoms with E-state index in [1.54, 1.807) is 6.07 Å². The summed E-state index contributed by atoms with van der Waals surface area (Å²) in [5.74, 6) is -0.0704. The largest absolute Gasteiger partial charge is 0.491 e. The van der Waals surface area contributed by atoms with Crippen molar-refractivity contribution in [3.05, 3.63) is 35.1 Å². The number of piperidine rings is 1. The normalized spacial score (nSPS) is 17.6. The van der Waals surface area contributed by atoms with Crippen molar-refractivity contribution < 1.29 is 14.2 Å². The summed E-state index contributed by atoms with van der Waals surface area (Å²) in [6.07, 6.45) is 6.52. The molecule has 0 saturated carbocycles. The van der Waals surface area contributed by atoms with Crippen molar-refractivity contribution in [3.63, 3.8) is 0 Å². The molecule has 0 aliphatic carbocycles. The highest BCUT2D eigenvalue weighted by molar-refractivity contribution is 7.13. The van der Waals surface area contributed by atoms with E-state index in [1.807, 2.05) is 11.4 Å². The smallest absolute Gasteiger partial charge is 0.187 e. The van der Waals surface area contributed by atoms with Crippen molar-refractivity contribution in [1.29, 1.82) is 0 Å². The second kappa shape index (κ2) is 10.7. The highest BCUT2D eigenvalue weighted by Crippen LogP contribution is 2.27. The van der Waals surface area contributed by atoms with Gasteiger partial charge >= 0.3 is 0 Å². The maximum atomic E-state index is 14.2. The number of benzene rings is 1. The molecule has 1 aliphatic rings. The van der Waals surface area contributed by atoms with Gasteiger partial charge in [-0.25, -0.2) is 9.37 Å². The van der Waals surface area contributed by atoms with E-state index in [2.05, 4.69) is 22.1 Å². The molecule has 7 heteroatoms. The van der Waals surface area contributed by atoms with Gasteiger partial charge < -0.3 is 15.2 Å². The molecule has 0 bridgehead atoms. The molecule has 2 aromatic rings. The van der Waals surface area contributed by atoms with E-state index in [4.69, 9.17) is 4.74 Å². The van der Waals surface area contributed by atoms with Crippen LogP contribution in [0, 0.1) is 5.82 Å². The molecule has 154 valence electrons. The van der Waals surface area contributed by atoms with E-state index in [1.165, 1.54) is 23.8 Å². The topological polar surface area (TPSA) is 57.6 Å². The Morgan fingerprint density at radius 3 is 3.04 bits per heavy atom. The first-order valence-electron chi connectivity index (χ1n) is 10.2. The molecule has 3 rings (SSSR count). The molecular weight excluding hydrogens is 377 g/mol. The molecule has 1 saturated heterocycles. The summed E-state index contributed by atoms with van der Waals surface area (Å²) < 4.78 is 19.8. The molecule has 0 spiro atoms. The zero-order valence-electron chi connectivity index (χ0n) is 16.5. The van der Waals surface area contributed by atoms with Crippen molar-refractivity contribution in [2.45, 2.75) is 58.0 Å². The molecule has 1 unspecified atom stereocenters. The maximum Gasteiger partial charge on any atom is 0.187 e. The predicted molar refractivity (Wildman–Crippen MR) is 112 cm³/mol. The third-order valence-corrected chi connectivity index (χ3v) is 5.87. The van der Waals surface area contributed by atoms with Gasteiger partial charge in [0.1, 0.15) is 0 Å². The predicted octanol–water partition coefficient (Wildman–Crippen LogP) is 4.94. The summed E-state index contributed by atoms with van der Waals surface area (Å²) in [5, 5.41) is 15.5. The van der Waals surface area contributed by atoms with Crippen LogP contribution in [0.2, 0.25) is 0 Å². The van der Waals surface area contributed by atoms with Gasteiger partial charge in [0.2, 0.25) is 0 Å². The van der Waals surface area contributed by atoms with Crippen LogP contribution in [-0.2, 0) is 6.54 Å². The lowest BCUT2D eigenvalue weighted by Crippen LogP contribution is -2.41. The molecule has 2 heterocycles. The molecule has 1 aromatic heterocycles. The van der Waals surface area contributed by atoms with E-state index < -0.39 is 0 Å². The average Bonchev–Trinajstić information content (AvgIpc) is 3.14. The number of aromatic nitrogens is 1. The molecule has 1 fully saturated rings. The highest BCUT2D eigenvalue weighted by Gasteiger charge is 2.22. The van der Waals surface area contributed by atoms with Crippen molar-refractivity contribution in [2.75, 3.05) is 25.1 Å². The van der Waals surface area contributed by atoms with Crippen molar-refractivity contribution in [1.82, 2.24) is 9.88 Å². The number of halogens is 1. The van der Waals surface area contributed by atoms with Crippen LogP contribution in [-0.4, -0.2) is 40.8 Å².